The highest BCUT2D eigenvalue weighted by Gasteiger charge is 2.22. The highest BCUT2D eigenvalue weighted by Crippen LogP contribution is 2.22. The van der Waals surface area contributed by atoms with Gasteiger partial charge in [-0.05, 0) is 36.0 Å². The average Bonchev–Trinajstić information content (AvgIpc) is 2.37. The van der Waals surface area contributed by atoms with Crippen molar-refractivity contribution in [2.24, 2.45) is 5.41 Å². The maximum atomic E-state index is 12.3. The van der Waals surface area contributed by atoms with E-state index in [0.717, 1.165) is 6.42 Å². The predicted molar refractivity (Wildman–Crippen MR) is 76.4 cm³/mol. The van der Waals surface area contributed by atoms with Crippen LogP contribution in [0.25, 0.3) is 0 Å². The smallest absolute Gasteiger partial charge is 0.240 e. The summed E-state index contributed by atoms with van der Waals surface area (Å²) in [5.74, 6) is 0. The van der Waals surface area contributed by atoms with Crippen molar-refractivity contribution in [3.63, 3.8) is 0 Å². The molecule has 1 aromatic carbocycles. The van der Waals surface area contributed by atoms with E-state index >= 15 is 0 Å². The topological polar surface area (TPSA) is 66.4 Å². The molecular weight excluding hydrogens is 262 g/mol. The van der Waals surface area contributed by atoms with Crippen LogP contribution in [0.3, 0.4) is 0 Å². The van der Waals surface area contributed by atoms with Crippen molar-refractivity contribution >= 4 is 10.0 Å². The van der Waals surface area contributed by atoms with E-state index in [1.165, 1.54) is 0 Å². The Balaban J connectivity index is 3.02. The summed E-state index contributed by atoms with van der Waals surface area (Å²) in [5, 5.41) is 9.19. The van der Waals surface area contributed by atoms with Crippen LogP contribution >= 0.6 is 0 Å². The summed E-state index contributed by atoms with van der Waals surface area (Å²) in [4.78, 5) is 0.242. The minimum absolute atomic E-state index is 0.0738. The fourth-order valence-corrected chi connectivity index (χ4v) is 3.14. The molecule has 19 heavy (non-hydrogen) atoms. The normalized spacial score (nSPS) is 12.7. The van der Waals surface area contributed by atoms with Gasteiger partial charge < -0.3 is 5.11 Å². The molecule has 2 N–H and O–H groups in total. The van der Waals surface area contributed by atoms with Gasteiger partial charge in [0.1, 0.15) is 0 Å². The van der Waals surface area contributed by atoms with E-state index in [2.05, 4.69) is 4.72 Å². The van der Waals surface area contributed by atoms with Gasteiger partial charge in [0.2, 0.25) is 10.0 Å². The Morgan fingerprint density at radius 2 is 1.95 bits per heavy atom. The summed E-state index contributed by atoms with van der Waals surface area (Å²) in [6.45, 7) is 8.03. The van der Waals surface area contributed by atoms with Crippen molar-refractivity contribution < 1.29 is 13.5 Å². The second kappa shape index (κ2) is 6.03. The first kappa shape index (κ1) is 16.1. The lowest BCUT2D eigenvalue weighted by Gasteiger charge is -2.23. The molecule has 0 unspecified atom stereocenters. The van der Waals surface area contributed by atoms with Gasteiger partial charge in [0.15, 0.2) is 0 Å². The molecule has 0 bridgehead atoms. The SMILES string of the molecule is CCC(C)(C)CNS(=O)(=O)c1cccc(CO)c1C. The predicted octanol–water partition coefficient (Wildman–Crippen LogP) is 2.20. The molecule has 0 fully saturated rings. The molecule has 0 atom stereocenters. The number of sulfonamides is 1. The molecule has 0 radical (unpaired) electrons. The fourth-order valence-electron chi connectivity index (χ4n) is 1.62. The van der Waals surface area contributed by atoms with E-state index in [1.807, 2.05) is 20.8 Å². The van der Waals surface area contributed by atoms with Gasteiger partial charge in [-0.2, -0.15) is 0 Å². The number of hydrogen-bond acceptors (Lipinski definition) is 3. The lowest BCUT2D eigenvalue weighted by atomic mass is 9.91. The van der Waals surface area contributed by atoms with Crippen LogP contribution in [0.2, 0.25) is 0 Å². The van der Waals surface area contributed by atoms with Gasteiger partial charge in [0.25, 0.3) is 0 Å². The molecule has 0 spiro atoms. The standard InChI is InChI=1S/C14H23NO3S/c1-5-14(3,4)10-15-19(17,18)13-8-6-7-12(9-16)11(13)2/h6-8,15-16H,5,9-10H2,1-4H3. The van der Waals surface area contributed by atoms with Crippen molar-refractivity contribution in [1.29, 1.82) is 0 Å². The van der Waals surface area contributed by atoms with E-state index < -0.39 is 10.0 Å². The summed E-state index contributed by atoms with van der Waals surface area (Å²) in [5.41, 5.74) is 1.17. The lowest BCUT2D eigenvalue weighted by molar-refractivity contribution is 0.280. The van der Waals surface area contributed by atoms with Crippen LogP contribution in [0, 0.1) is 12.3 Å². The van der Waals surface area contributed by atoms with Gasteiger partial charge in [-0.3, -0.25) is 0 Å². The Morgan fingerprint density at radius 3 is 2.47 bits per heavy atom. The first-order chi connectivity index (χ1) is 8.73. The van der Waals surface area contributed by atoms with Crippen molar-refractivity contribution in [2.45, 2.75) is 45.6 Å². The minimum atomic E-state index is -3.53. The first-order valence-electron chi connectivity index (χ1n) is 6.42. The maximum Gasteiger partial charge on any atom is 0.240 e. The van der Waals surface area contributed by atoms with E-state index in [-0.39, 0.29) is 16.9 Å². The van der Waals surface area contributed by atoms with Crippen LogP contribution in [0.1, 0.15) is 38.3 Å². The third-order valence-electron chi connectivity index (χ3n) is 3.55. The van der Waals surface area contributed by atoms with Gasteiger partial charge in [0.05, 0.1) is 11.5 Å². The molecule has 0 saturated heterocycles. The zero-order valence-corrected chi connectivity index (χ0v) is 12.8. The van der Waals surface area contributed by atoms with Crippen LogP contribution in [0.4, 0.5) is 0 Å². The van der Waals surface area contributed by atoms with Crippen LogP contribution in [0.5, 0.6) is 0 Å². The lowest BCUT2D eigenvalue weighted by Crippen LogP contribution is -2.34. The van der Waals surface area contributed by atoms with Crippen molar-refractivity contribution in [1.82, 2.24) is 4.72 Å². The quantitative estimate of drug-likeness (QED) is 0.842. The Labute approximate surface area is 115 Å². The second-order valence-corrected chi connectivity index (χ2v) is 7.28. The van der Waals surface area contributed by atoms with E-state index in [9.17, 15) is 13.5 Å². The molecule has 0 aliphatic carbocycles. The van der Waals surface area contributed by atoms with E-state index in [1.54, 1.807) is 25.1 Å². The molecule has 5 heteroatoms. The molecule has 0 saturated carbocycles. The first-order valence-corrected chi connectivity index (χ1v) is 7.91. The summed E-state index contributed by atoms with van der Waals surface area (Å²) in [6.07, 6.45) is 0.894. The van der Waals surface area contributed by atoms with Gasteiger partial charge in [-0.15, -0.1) is 0 Å². The van der Waals surface area contributed by atoms with Crippen LogP contribution in [-0.2, 0) is 16.6 Å². The van der Waals surface area contributed by atoms with Crippen molar-refractivity contribution in [3.8, 4) is 0 Å². The molecular formula is C14H23NO3S. The third kappa shape index (κ3) is 4.03. The van der Waals surface area contributed by atoms with Crippen LogP contribution in [0.15, 0.2) is 23.1 Å². The Hall–Kier alpha value is -0.910. The third-order valence-corrected chi connectivity index (χ3v) is 5.10. The Morgan fingerprint density at radius 1 is 1.32 bits per heavy atom. The molecule has 1 aromatic rings. The largest absolute Gasteiger partial charge is 0.392 e. The number of aliphatic hydroxyl groups is 1. The van der Waals surface area contributed by atoms with Gasteiger partial charge in [-0.25, -0.2) is 13.1 Å². The maximum absolute atomic E-state index is 12.3. The van der Waals surface area contributed by atoms with Gasteiger partial charge in [0, 0.05) is 6.54 Å². The number of hydrogen-bond donors (Lipinski definition) is 2. The molecule has 0 aromatic heterocycles. The second-order valence-electron chi connectivity index (χ2n) is 5.54. The zero-order chi connectivity index (χ0) is 14.7. The summed E-state index contributed by atoms with van der Waals surface area (Å²) >= 11 is 0. The molecule has 0 aliphatic heterocycles. The highest BCUT2D eigenvalue weighted by molar-refractivity contribution is 7.89. The summed E-state index contributed by atoms with van der Waals surface area (Å²) in [6, 6.07) is 4.94. The van der Waals surface area contributed by atoms with Crippen molar-refractivity contribution in [2.75, 3.05) is 6.54 Å². The van der Waals surface area contributed by atoms with Gasteiger partial charge >= 0.3 is 0 Å². The fraction of sp³-hybridized carbons (Fsp3) is 0.571. The molecule has 0 aliphatic rings. The average molecular weight is 285 g/mol. The highest BCUT2D eigenvalue weighted by atomic mass is 32.2. The molecule has 1 rings (SSSR count). The number of rotatable bonds is 6. The monoisotopic (exact) mass is 285 g/mol. The zero-order valence-electron chi connectivity index (χ0n) is 12.0. The molecule has 108 valence electrons. The summed E-state index contributed by atoms with van der Waals surface area (Å²) in [7, 11) is -3.53. The Kier molecular flexibility index (Phi) is 5.12. The number of benzene rings is 1. The molecule has 0 heterocycles. The van der Waals surface area contributed by atoms with E-state index in [4.69, 9.17) is 0 Å². The summed E-state index contributed by atoms with van der Waals surface area (Å²) < 4.78 is 27.2. The van der Waals surface area contributed by atoms with Crippen molar-refractivity contribution in [3.05, 3.63) is 29.3 Å². The molecule has 0 amide bonds. The van der Waals surface area contributed by atoms with Crippen LogP contribution in [-0.4, -0.2) is 20.1 Å². The minimum Gasteiger partial charge on any atom is -0.392 e. The number of nitrogens with one attached hydrogen (secondary N) is 1. The van der Waals surface area contributed by atoms with E-state index in [0.29, 0.717) is 17.7 Å². The van der Waals surface area contributed by atoms with Gasteiger partial charge in [-0.1, -0.05) is 32.9 Å². The Bertz CT molecular complexity index is 536. The van der Waals surface area contributed by atoms with Crippen LogP contribution < -0.4 is 4.72 Å². The number of aliphatic hydroxyl groups excluding tert-OH is 1. The molecule has 4 nitrogen and oxygen atoms in total.